The van der Waals surface area contributed by atoms with Crippen LogP contribution in [0.5, 0.6) is 0 Å². The number of rotatable bonds is 6. The van der Waals surface area contributed by atoms with Gasteiger partial charge in [0.15, 0.2) is 0 Å². The van der Waals surface area contributed by atoms with Crippen LogP contribution in [-0.4, -0.2) is 73.0 Å². The Labute approximate surface area is 119 Å². The smallest absolute Gasteiger partial charge is 0.234 e. The van der Waals surface area contributed by atoms with Crippen molar-refractivity contribution in [3.63, 3.8) is 0 Å². The summed E-state index contributed by atoms with van der Waals surface area (Å²) >= 11 is 0. The summed E-state index contributed by atoms with van der Waals surface area (Å²) in [5, 5.41) is 6.03. The lowest BCUT2D eigenvalue weighted by Gasteiger charge is -2.33. The third kappa shape index (κ3) is 4.45. The summed E-state index contributed by atoms with van der Waals surface area (Å²) in [6.07, 6.45) is 4.54. The molecule has 0 bridgehead atoms. The second kappa shape index (κ2) is 6.10. The molecule has 2 amide bonds. The topological polar surface area (TPSA) is 64.7 Å². The second-order valence-electron chi connectivity index (χ2n) is 6.24. The number of hydrogen-bond acceptors (Lipinski definition) is 4. The zero-order valence-corrected chi connectivity index (χ0v) is 11.9. The maximum atomic E-state index is 11.7. The highest BCUT2D eigenvalue weighted by molar-refractivity contribution is 5.79. The largest absolute Gasteiger partial charge is 0.352 e. The highest BCUT2D eigenvalue weighted by Crippen LogP contribution is 2.19. The van der Waals surface area contributed by atoms with Gasteiger partial charge in [0.2, 0.25) is 11.8 Å². The molecule has 0 unspecified atom stereocenters. The average Bonchev–Trinajstić information content (AvgIpc) is 3.28. The lowest BCUT2D eigenvalue weighted by Crippen LogP contribution is -2.51. The van der Waals surface area contributed by atoms with Crippen LogP contribution in [0.25, 0.3) is 0 Å². The number of piperazine rings is 1. The number of amides is 2. The number of hydrogen-bond donors (Lipinski definition) is 2. The monoisotopic (exact) mass is 280 g/mol. The molecular formula is C14H24N4O2. The first-order valence-electron chi connectivity index (χ1n) is 7.72. The normalized spacial score (nSPS) is 24.4. The molecule has 0 radical (unpaired) electrons. The molecule has 3 fully saturated rings. The van der Waals surface area contributed by atoms with Gasteiger partial charge in [-0.05, 0) is 25.7 Å². The number of carbonyl (C=O) groups excluding carboxylic acids is 2. The van der Waals surface area contributed by atoms with Gasteiger partial charge < -0.3 is 10.6 Å². The van der Waals surface area contributed by atoms with Crippen LogP contribution < -0.4 is 10.6 Å². The van der Waals surface area contributed by atoms with Gasteiger partial charge in [-0.2, -0.15) is 0 Å². The van der Waals surface area contributed by atoms with Crippen molar-refractivity contribution in [1.82, 2.24) is 20.4 Å². The van der Waals surface area contributed by atoms with E-state index in [1.807, 2.05) is 0 Å². The Morgan fingerprint density at radius 2 is 1.10 bits per heavy atom. The van der Waals surface area contributed by atoms with Gasteiger partial charge in [-0.1, -0.05) is 0 Å². The quantitative estimate of drug-likeness (QED) is 0.666. The predicted octanol–water partition coefficient (Wildman–Crippen LogP) is -0.839. The van der Waals surface area contributed by atoms with Gasteiger partial charge in [0.05, 0.1) is 13.1 Å². The van der Waals surface area contributed by atoms with E-state index in [9.17, 15) is 9.59 Å². The third-order valence-electron chi connectivity index (χ3n) is 4.08. The summed E-state index contributed by atoms with van der Waals surface area (Å²) in [5.41, 5.74) is 0. The lowest BCUT2D eigenvalue weighted by molar-refractivity contribution is -0.125. The van der Waals surface area contributed by atoms with Crippen molar-refractivity contribution in [3.05, 3.63) is 0 Å². The molecule has 20 heavy (non-hydrogen) atoms. The van der Waals surface area contributed by atoms with E-state index < -0.39 is 0 Å². The molecule has 3 rings (SSSR count). The van der Waals surface area contributed by atoms with E-state index in [2.05, 4.69) is 20.4 Å². The molecule has 0 aromatic carbocycles. The van der Waals surface area contributed by atoms with Crippen molar-refractivity contribution in [1.29, 1.82) is 0 Å². The van der Waals surface area contributed by atoms with E-state index in [4.69, 9.17) is 0 Å². The SMILES string of the molecule is O=C(CN1CCN(CC(=O)NC2CC2)CC1)NC1CC1. The fraction of sp³-hybridized carbons (Fsp3) is 0.857. The maximum absolute atomic E-state index is 11.7. The third-order valence-corrected chi connectivity index (χ3v) is 4.08. The molecule has 0 spiro atoms. The molecule has 0 aromatic heterocycles. The van der Waals surface area contributed by atoms with E-state index in [0.717, 1.165) is 51.9 Å². The van der Waals surface area contributed by atoms with Crippen LogP contribution in [0.4, 0.5) is 0 Å². The Bertz CT molecular complexity index is 335. The first kappa shape index (κ1) is 13.8. The van der Waals surface area contributed by atoms with Crippen molar-refractivity contribution >= 4 is 11.8 Å². The first-order chi connectivity index (χ1) is 9.69. The second-order valence-corrected chi connectivity index (χ2v) is 6.24. The molecule has 6 heteroatoms. The maximum Gasteiger partial charge on any atom is 0.234 e. The molecule has 3 aliphatic rings. The molecule has 1 heterocycles. The van der Waals surface area contributed by atoms with Crippen LogP contribution in [-0.2, 0) is 9.59 Å². The van der Waals surface area contributed by atoms with E-state index in [1.165, 1.54) is 0 Å². The van der Waals surface area contributed by atoms with E-state index >= 15 is 0 Å². The van der Waals surface area contributed by atoms with Crippen molar-refractivity contribution in [3.8, 4) is 0 Å². The fourth-order valence-electron chi connectivity index (χ4n) is 2.51. The van der Waals surface area contributed by atoms with Gasteiger partial charge in [-0.3, -0.25) is 19.4 Å². The Hall–Kier alpha value is -1.14. The molecule has 0 aromatic rings. The summed E-state index contributed by atoms with van der Waals surface area (Å²) in [5.74, 6) is 0.292. The summed E-state index contributed by atoms with van der Waals surface area (Å²) in [4.78, 5) is 27.8. The molecule has 6 nitrogen and oxygen atoms in total. The van der Waals surface area contributed by atoms with Crippen LogP contribution in [0.1, 0.15) is 25.7 Å². The minimum absolute atomic E-state index is 0.146. The molecule has 1 saturated heterocycles. The Balaban J connectivity index is 1.31. The van der Waals surface area contributed by atoms with Gasteiger partial charge in [0.1, 0.15) is 0 Å². The highest BCUT2D eigenvalue weighted by atomic mass is 16.2. The predicted molar refractivity (Wildman–Crippen MR) is 75.2 cm³/mol. The van der Waals surface area contributed by atoms with Crippen molar-refractivity contribution in [2.75, 3.05) is 39.3 Å². The summed E-state index contributed by atoms with van der Waals surface area (Å²) in [7, 11) is 0. The minimum Gasteiger partial charge on any atom is -0.352 e. The number of carbonyl (C=O) groups is 2. The van der Waals surface area contributed by atoms with Crippen LogP contribution in [0.2, 0.25) is 0 Å². The zero-order chi connectivity index (χ0) is 13.9. The molecule has 1 aliphatic heterocycles. The Kier molecular flexibility index (Phi) is 4.21. The lowest BCUT2D eigenvalue weighted by atomic mass is 10.3. The first-order valence-corrected chi connectivity index (χ1v) is 7.72. The summed E-state index contributed by atoms with van der Waals surface area (Å²) in [6, 6.07) is 0.879. The molecule has 2 aliphatic carbocycles. The van der Waals surface area contributed by atoms with Crippen LogP contribution in [0.15, 0.2) is 0 Å². The fourth-order valence-corrected chi connectivity index (χ4v) is 2.51. The van der Waals surface area contributed by atoms with E-state index in [-0.39, 0.29) is 11.8 Å². The molecule has 0 atom stereocenters. The summed E-state index contributed by atoms with van der Waals surface area (Å²) < 4.78 is 0. The van der Waals surface area contributed by atoms with Crippen LogP contribution in [0, 0.1) is 0 Å². The summed E-state index contributed by atoms with van der Waals surface area (Å²) in [6.45, 7) is 4.48. The molecular weight excluding hydrogens is 256 g/mol. The minimum atomic E-state index is 0.146. The molecule has 2 N–H and O–H groups in total. The van der Waals surface area contributed by atoms with Crippen molar-refractivity contribution < 1.29 is 9.59 Å². The Morgan fingerprint density at radius 3 is 1.40 bits per heavy atom. The van der Waals surface area contributed by atoms with Gasteiger partial charge >= 0.3 is 0 Å². The average molecular weight is 280 g/mol. The molecule has 2 saturated carbocycles. The number of nitrogens with one attached hydrogen (secondary N) is 2. The molecule has 112 valence electrons. The van der Waals surface area contributed by atoms with E-state index in [1.54, 1.807) is 0 Å². The van der Waals surface area contributed by atoms with Gasteiger partial charge in [0, 0.05) is 38.3 Å². The van der Waals surface area contributed by atoms with Gasteiger partial charge in [0.25, 0.3) is 0 Å². The zero-order valence-electron chi connectivity index (χ0n) is 11.9. The Morgan fingerprint density at radius 1 is 0.750 bits per heavy atom. The van der Waals surface area contributed by atoms with Crippen molar-refractivity contribution in [2.24, 2.45) is 0 Å². The van der Waals surface area contributed by atoms with Gasteiger partial charge in [-0.15, -0.1) is 0 Å². The highest BCUT2D eigenvalue weighted by Gasteiger charge is 2.27. The van der Waals surface area contributed by atoms with Gasteiger partial charge in [-0.25, -0.2) is 0 Å². The van der Waals surface area contributed by atoms with Crippen LogP contribution >= 0.6 is 0 Å². The van der Waals surface area contributed by atoms with Crippen LogP contribution in [0.3, 0.4) is 0 Å². The van der Waals surface area contributed by atoms with E-state index in [0.29, 0.717) is 25.2 Å². The van der Waals surface area contributed by atoms with Crippen molar-refractivity contribution in [2.45, 2.75) is 37.8 Å². The number of nitrogens with zero attached hydrogens (tertiary/aromatic N) is 2. The standard InChI is InChI=1S/C14H24N4O2/c19-13(15-11-1-2-11)9-17-5-7-18(8-6-17)10-14(20)16-12-3-4-12/h11-12H,1-10H2,(H,15,19)(H,16,20).